The van der Waals surface area contributed by atoms with Gasteiger partial charge in [0.15, 0.2) is 11.1 Å². The molecule has 1 fully saturated rings. The van der Waals surface area contributed by atoms with Gasteiger partial charge in [-0.25, -0.2) is 4.98 Å². The number of aryl methyl sites for hydroxylation is 1. The van der Waals surface area contributed by atoms with E-state index in [1.54, 1.807) is 6.07 Å². The summed E-state index contributed by atoms with van der Waals surface area (Å²) in [6, 6.07) is 24.0. The zero-order valence-electron chi connectivity index (χ0n) is 17.6. The average molecular weight is 411 g/mol. The fraction of sp³-hybridized carbons (Fsp3) is 0.231. The lowest BCUT2D eigenvalue weighted by molar-refractivity contribution is 0.756. The fourth-order valence-electron chi connectivity index (χ4n) is 4.44. The Morgan fingerprint density at radius 3 is 2.32 bits per heavy atom. The van der Waals surface area contributed by atoms with E-state index in [1.807, 2.05) is 78.2 Å². The van der Waals surface area contributed by atoms with Crippen molar-refractivity contribution < 1.29 is 0 Å². The number of hydrogen-bond acceptors (Lipinski definition) is 4. The van der Waals surface area contributed by atoms with Crippen LogP contribution in [-0.2, 0) is 0 Å². The molecule has 2 aromatic heterocycles. The highest BCUT2D eigenvalue weighted by atomic mass is 16.1. The van der Waals surface area contributed by atoms with Gasteiger partial charge in [-0.1, -0.05) is 49.2 Å². The summed E-state index contributed by atoms with van der Waals surface area (Å²) in [7, 11) is 0. The molecule has 0 amide bonds. The molecule has 1 aliphatic rings. The number of nitrogens with one attached hydrogen (secondary N) is 2. The number of fused-ring (bicyclic) bond motifs is 1. The van der Waals surface area contributed by atoms with E-state index in [1.165, 1.54) is 12.8 Å². The number of rotatable bonds is 5. The predicted molar refractivity (Wildman–Crippen MR) is 128 cm³/mol. The monoisotopic (exact) mass is 410 g/mol. The van der Waals surface area contributed by atoms with Crippen molar-refractivity contribution in [2.24, 2.45) is 0 Å². The maximum atomic E-state index is 13.3. The normalized spacial score (nSPS) is 14.1. The van der Waals surface area contributed by atoms with Crippen LogP contribution in [0.15, 0.2) is 77.6 Å². The number of pyridine rings is 2. The molecular weight excluding hydrogens is 384 g/mol. The summed E-state index contributed by atoms with van der Waals surface area (Å²) in [5.74, 6) is 0.694. The Balaban J connectivity index is 1.75. The Morgan fingerprint density at radius 1 is 0.935 bits per heavy atom. The van der Waals surface area contributed by atoms with Crippen molar-refractivity contribution in [1.82, 2.24) is 9.55 Å². The van der Waals surface area contributed by atoms with Crippen molar-refractivity contribution in [3.05, 3.63) is 88.7 Å². The molecule has 31 heavy (non-hydrogen) atoms. The molecule has 0 saturated heterocycles. The van der Waals surface area contributed by atoms with Crippen molar-refractivity contribution in [2.45, 2.75) is 38.6 Å². The summed E-state index contributed by atoms with van der Waals surface area (Å²) in [5.41, 5.74) is 4.27. The van der Waals surface area contributed by atoms with Crippen LogP contribution in [-0.4, -0.2) is 15.6 Å². The second kappa shape index (κ2) is 8.26. The van der Waals surface area contributed by atoms with E-state index >= 15 is 0 Å². The van der Waals surface area contributed by atoms with Gasteiger partial charge in [0, 0.05) is 29.2 Å². The van der Waals surface area contributed by atoms with Crippen LogP contribution in [0.4, 0.5) is 17.2 Å². The molecule has 0 spiro atoms. The van der Waals surface area contributed by atoms with Gasteiger partial charge in [0.05, 0.1) is 11.1 Å². The first-order chi connectivity index (χ1) is 15.2. The van der Waals surface area contributed by atoms with Crippen molar-refractivity contribution in [1.29, 1.82) is 0 Å². The second-order valence-corrected chi connectivity index (χ2v) is 8.19. The van der Waals surface area contributed by atoms with Crippen LogP contribution in [0.1, 0.15) is 31.4 Å². The van der Waals surface area contributed by atoms with Crippen LogP contribution in [0.25, 0.3) is 16.7 Å². The standard InChI is InChI=1S/C26H26N4O/c1-18-16-22(28-19-12-8-9-13-19)25-23(31)17-24(29-20-10-4-2-5-11-20)30(26(25)27-18)21-14-6-3-7-15-21/h2-7,10-11,14-17,19,29H,8-9,12-13H2,1H3,(H,27,28). The Labute approximate surface area is 181 Å². The molecule has 5 heteroatoms. The fourth-order valence-corrected chi connectivity index (χ4v) is 4.44. The van der Waals surface area contributed by atoms with Crippen molar-refractivity contribution in [3.63, 3.8) is 0 Å². The predicted octanol–water partition coefficient (Wildman–Crippen LogP) is 5.79. The lowest BCUT2D eigenvalue weighted by Gasteiger charge is -2.21. The van der Waals surface area contributed by atoms with E-state index in [4.69, 9.17) is 4.98 Å². The Kier molecular flexibility index (Phi) is 5.16. The Morgan fingerprint density at radius 2 is 1.61 bits per heavy atom. The number of anilines is 3. The molecular formula is C26H26N4O. The van der Waals surface area contributed by atoms with Crippen molar-refractivity contribution in [2.75, 3.05) is 10.6 Å². The third-order valence-electron chi connectivity index (χ3n) is 5.87. The van der Waals surface area contributed by atoms with Crippen LogP contribution in [0.2, 0.25) is 0 Å². The molecule has 0 atom stereocenters. The van der Waals surface area contributed by atoms with Gasteiger partial charge in [0.25, 0.3) is 0 Å². The van der Waals surface area contributed by atoms with Crippen molar-refractivity contribution >= 4 is 28.2 Å². The first-order valence-corrected chi connectivity index (χ1v) is 10.9. The topological polar surface area (TPSA) is 59.0 Å². The zero-order valence-corrected chi connectivity index (χ0v) is 17.6. The van der Waals surface area contributed by atoms with Crippen molar-refractivity contribution in [3.8, 4) is 5.69 Å². The number of hydrogen-bond donors (Lipinski definition) is 2. The van der Waals surface area contributed by atoms with E-state index in [9.17, 15) is 4.79 Å². The minimum absolute atomic E-state index is 0.0337. The summed E-state index contributed by atoms with van der Waals surface area (Å²) < 4.78 is 2.04. The molecule has 0 unspecified atom stereocenters. The summed E-state index contributed by atoms with van der Waals surface area (Å²) in [6.45, 7) is 1.98. The molecule has 2 heterocycles. The first kappa shape index (κ1) is 19.4. The molecule has 1 saturated carbocycles. The smallest absolute Gasteiger partial charge is 0.195 e. The lowest BCUT2D eigenvalue weighted by Crippen LogP contribution is -2.19. The van der Waals surface area contributed by atoms with Gasteiger partial charge in [-0.2, -0.15) is 0 Å². The van der Waals surface area contributed by atoms with E-state index in [0.29, 0.717) is 22.9 Å². The average Bonchev–Trinajstić information content (AvgIpc) is 3.28. The molecule has 1 aliphatic carbocycles. The number of aromatic nitrogens is 2. The van der Waals surface area contributed by atoms with Gasteiger partial charge < -0.3 is 10.6 Å². The van der Waals surface area contributed by atoms with Crippen LogP contribution < -0.4 is 16.1 Å². The molecule has 0 bridgehead atoms. The van der Waals surface area contributed by atoms with Crippen LogP contribution >= 0.6 is 0 Å². The van der Waals surface area contributed by atoms with E-state index in [2.05, 4.69) is 10.6 Å². The summed E-state index contributed by atoms with van der Waals surface area (Å²) in [4.78, 5) is 18.2. The zero-order chi connectivity index (χ0) is 21.2. The van der Waals surface area contributed by atoms with Gasteiger partial charge in [-0.3, -0.25) is 9.36 Å². The number of benzene rings is 2. The highest BCUT2D eigenvalue weighted by molar-refractivity contribution is 5.92. The van der Waals surface area contributed by atoms with Gasteiger partial charge in [0.1, 0.15) is 5.82 Å². The quantitative estimate of drug-likeness (QED) is 0.437. The third kappa shape index (κ3) is 3.91. The van der Waals surface area contributed by atoms with Crippen LogP contribution in [0.3, 0.4) is 0 Å². The SMILES string of the molecule is Cc1cc(NC2CCCC2)c2c(=O)cc(Nc3ccccc3)n(-c3ccccc3)c2n1. The third-order valence-corrected chi connectivity index (χ3v) is 5.87. The summed E-state index contributed by atoms with van der Waals surface area (Å²) >= 11 is 0. The van der Waals surface area contributed by atoms with Crippen LogP contribution in [0.5, 0.6) is 0 Å². The largest absolute Gasteiger partial charge is 0.382 e. The van der Waals surface area contributed by atoms with E-state index in [-0.39, 0.29) is 5.43 Å². The van der Waals surface area contributed by atoms with Crippen LogP contribution in [0, 0.1) is 6.92 Å². The molecule has 0 radical (unpaired) electrons. The van der Waals surface area contributed by atoms with Gasteiger partial charge >= 0.3 is 0 Å². The Bertz CT molecular complexity index is 1260. The number of nitrogens with zero attached hydrogens (tertiary/aromatic N) is 2. The number of para-hydroxylation sites is 2. The maximum Gasteiger partial charge on any atom is 0.195 e. The molecule has 2 N–H and O–H groups in total. The molecule has 4 aromatic rings. The van der Waals surface area contributed by atoms with E-state index in [0.717, 1.165) is 35.6 Å². The molecule has 156 valence electrons. The summed E-state index contributed by atoms with van der Waals surface area (Å²) in [6.07, 6.45) is 4.75. The maximum absolute atomic E-state index is 13.3. The molecule has 5 rings (SSSR count). The minimum atomic E-state index is -0.0337. The highest BCUT2D eigenvalue weighted by Crippen LogP contribution is 2.30. The van der Waals surface area contributed by atoms with Gasteiger partial charge in [0.2, 0.25) is 0 Å². The van der Waals surface area contributed by atoms with Gasteiger partial charge in [-0.05, 0) is 50.1 Å². The summed E-state index contributed by atoms with van der Waals surface area (Å²) in [5, 5.41) is 7.70. The highest BCUT2D eigenvalue weighted by Gasteiger charge is 2.20. The molecule has 0 aliphatic heterocycles. The minimum Gasteiger partial charge on any atom is -0.382 e. The first-order valence-electron chi connectivity index (χ1n) is 10.9. The molecule has 5 nitrogen and oxygen atoms in total. The van der Waals surface area contributed by atoms with Gasteiger partial charge in [-0.15, -0.1) is 0 Å². The lowest BCUT2D eigenvalue weighted by atomic mass is 10.1. The molecule has 2 aromatic carbocycles. The Hall–Kier alpha value is -3.60. The second-order valence-electron chi connectivity index (χ2n) is 8.19. The van der Waals surface area contributed by atoms with E-state index < -0.39 is 0 Å².